The van der Waals surface area contributed by atoms with Gasteiger partial charge >= 0.3 is 0 Å². The lowest BCUT2D eigenvalue weighted by Crippen LogP contribution is -2.19. The number of benzene rings is 2. The lowest BCUT2D eigenvalue weighted by Gasteiger charge is -2.06. The molecule has 1 N–H and O–H groups in total. The summed E-state index contributed by atoms with van der Waals surface area (Å²) in [6.07, 6.45) is 3.18. The first-order valence-electron chi connectivity index (χ1n) is 9.33. The SMILES string of the molecule is C=CCOc1ccc(/C=N\NC(=O)CSc2nnc(COc3ccc(Cl)cc3Cl)o2)cc1Br. The smallest absolute Gasteiger partial charge is 0.277 e. The molecule has 8 nitrogen and oxygen atoms in total. The standard InChI is InChI=1S/C21H17BrCl2N4O4S/c1-2-7-30-17-5-3-13(8-15(17)22)10-25-26-19(29)12-33-21-28-27-20(32-21)11-31-18-6-4-14(23)9-16(18)24/h2-6,8-10H,1,7,11-12H2,(H,26,29)/b25-10-. The number of carbonyl (C=O) groups is 1. The number of hydrazone groups is 1. The van der Waals surface area contributed by atoms with Gasteiger partial charge in [-0.1, -0.05) is 47.6 Å². The summed E-state index contributed by atoms with van der Waals surface area (Å²) in [6.45, 7) is 4.04. The molecule has 0 radical (unpaired) electrons. The molecular formula is C21H17BrCl2N4O4S. The second-order valence-corrected chi connectivity index (χ2v) is 8.82. The van der Waals surface area contributed by atoms with Gasteiger partial charge in [-0.05, 0) is 57.9 Å². The van der Waals surface area contributed by atoms with Crippen molar-refractivity contribution in [3.05, 3.63) is 75.0 Å². The van der Waals surface area contributed by atoms with Crippen LogP contribution in [0.15, 0.2) is 68.3 Å². The Morgan fingerprint density at radius 1 is 1.21 bits per heavy atom. The van der Waals surface area contributed by atoms with Crippen LogP contribution in [0, 0.1) is 0 Å². The van der Waals surface area contributed by atoms with E-state index >= 15 is 0 Å². The van der Waals surface area contributed by atoms with Gasteiger partial charge in [-0.2, -0.15) is 5.10 Å². The van der Waals surface area contributed by atoms with Crippen molar-refractivity contribution in [1.82, 2.24) is 15.6 Å². The molecule has 0 bridgehead atoms. The van der Waals surface area contributed by atoms with Gasteiger partial charge in [0.15, 0.2) is 6.61 Å². The fraction of sp³-hybridized carbons (Fsp3) is 0.143. The van der Waals surface area contributed by atoms with Gasteiger partial charge in [0.05, 0.1) is 21.5 Å². The van der Waals surface area contributed by atoms with Crippen LogP contribution in [0.5, 0.6) is 11.5 Å². The minimum atomic E-state index is -0.329. The van der Waals surface area contributed by atoms with Gasteiger partial charge in [-0.15, -0.1) is 10.2 Å². The molecule has 0 aliphatic heterocycles. The molecule has 0 saturated carbocycles. The zero-order chi connectivity index (χ0) is 23.6. The van der Waals surface area contributed by atoms with Crippen molar-refractivity contribution in [3.63, 3.8) is 0 Å². The maximum atomic E-state index is 12.0. The highest BCUT2D eigenvalue weighted by Gasteiger charge is 2.11. The Labute approximate surface area is 212 Å². The summed E-state index contributed by atoms with van der Waals surface area (Å²) >= 11 is 16.4. The first kappa shape index (κ1) is 25.1. The predicted molar refractivity (Wildman–Crippen MR) is 131 cm³/mol. The average Bonchev–Trinajstić information content (AvgIpc) is 3.24. The molecule has 12 heteroatoms. The van der Waals surface area contributed by atoms with E-state index in [-0.39, 0.29) is 29.4 Å². The number of halogens is 3. The zero-order valence-corrected chi connectivity index (χ0v) is 20.9. The number of ether oxygens (including phenoxy) is 2. The number of nitrogens with one attached hydrogen (secondary N) is 1. The third-order valence-electron chi connectivity index (χ3n) is 3.74. The topological polar surface area (TPSA) is 98.8 Å². The third-order valence-corrected chi connectivity index (χ3v) is 5.70. The molecule has 0 aliphatic carbocycles. The molecule has 2 aromatic carbocycles. The van der Waals surface area contributed by atoms with Crippen molar-refractivity contribution in [2.45, 2.75) is 11.8 Å². The number of nitrogens with zero attached hydrogens (tertiary/aromatic N) is 3. The summed E-state index contributed by atoms with van der Waals surface area (Å²) in [5, 5.41) is 12.8. The second-order valence-electron chi connectivity index (χ2n) is 6.20. The van der Waals surface area contributed by atoms with Crippen LogP contribution in [-0.2, 0) is 11.4 Å². The summed E-state index contributed by atoms with van der Waals surface area (Å²) in [4.78, 5) is 12.0. The van der Waals surface area contributed by atoms with E-state index in [1.165, 1.54) is 6.21 Å². The van der Waals surface area contributed by atoms with Gasteiger partial charge in [0, 0.05) is 5.02 Å². The molecule has 0 aliphatic rings. The van der Waals surface area contributed by atoms with Gasteiger partial charge in [-0.25, -0.2) is 5.43 Å². The van der Waals surface area contributed by atoms with Crippen LogP contribution in [0.4, 0.5) is 0 Å². The molecule has 1 heterocycles. The highest BCUT2D eigenvalue weighted by atomic mass is 79.9. The summed E-state index contributed by atoms with van der Waals surface area (Å²) in [6, 6.07) is 10.3. The van der Waals surface area contributed by atoms with E-state index in [1.807, 2.05) is 12.1 Å². The fourth-order valence-corrected chi connectivity index (χ4v) is 3.83. The Morgan fingerprint density at radius 3 is 2.79 bits per heavy atom. The molecule has 0 atom stereocenters. The van der Waals surface area contributed by atoms with Crippen molar-refractivity contribution in [2.75, 3.05) is 12.4 Å². The third kappa shape index (κ3) is 8.08. The Balaban J connectivity index is 1.42. The summed E-state index contributed by atoms with van der Waals surface area (Å²) in [5.41, 5.74) is 3.22. The lowest BCUT2D eigenvalue weighted by atomic mass is 10.2. The average molecular weight is 572 g/mol. The van der Waals surface area contributed by atoms with Crippen molar-refractivity contribution in [1.29, 1.82) is 0 Å². The predicted octanol–water partition coefficient (Wildman–Crippen LogP) is 5.53. The molecule has 3 rings (SSSR count). The fourth-order valence-electron chi connectivity index (χ4n) is 2.29. The van der Waals surface area contributed by atoms with Crippen LogP contribution in [0.25, 0.3) is 0 Å². The number of hydrogen-bond acceptors (Lipinski definition) is 8. The van der Waals surface area contributed by atoms with Crippen molar-refractivity contribution < 1.29 is 18.7 Å². The van der Waals surface area contributed by atoms with Crippen molar-refractivity contribution in [3.8, 4) is 11.5 Å². The summed E-state index contributed by atoms with van der Waals surface area (Å²) < 4.78 is 17.2. The first-order chi connectivity index (χ1) is 15.9. The summed E-state index contributed by atoms with van der Waals surface area (Å²) in [5.74, 6) is 1.09. The van der Waals surface area contributed by atoms with E-state index in [0.29, 0.717) is 28.2 Å². The number of amides is 1. The molecule has 1 aromatic heterocycles. The van der Waals surface area contributed by atoms with Crippen LogP contribution in [0.1, 0.15) is 11.5 Å². The highest BCUT2D eigenvalue weighted by molar-refractivity contribution is 9.10. The molecule has 0 unspecified atom stereocenters. The van der Waals surface area contributed by atoms with E-state index < -0.39 is 0 Å². The van der Waals surface area contributed by atoms with Crippen LogP contribution < -0.4 is 14.9 Å². The van der Waals surface area contributed by atoms with Gasteiger partial charge in [0.1, 0.15) is 18.1 Å². The number of thioether (sulfide) groups is 1. The van der Waals surface area contributed by atoms with E-state index in [0.717, 1.165) is 21.8 Å². The highest BCUT2D eigenvalue weighted by Crippen LogP contribution is 2.28. The molecule has 0 fully saturated rings. The van der Waals surface area contributed by atoms with E-state index in [4.69, 9.17) is 37.1 Å². The molecule has 3 aromatic rings. The van der Waals surface area contributed by atoms with Crippen molar-refractivity contribution >= 4 is 63.0 Å². The maximum Gasteiger partial charge on any atom is 0.277 e. The number of carbonyl (C=O) groups excluding carboxylic acids is 1. The van der Waals surface area contributed by atoms with Crippen LogP contribution in [0.2, 0.25) is 10.0 Å². The normalized spacial score (nSPS) is 10.9. The number of hydrogen-bond donors (Lipinski definition) is 1. The van der Waals surface area contributed by atoms with Crippen LogP contribution in [0.3, 0.4) is 0 Å². The number of rotatable bonds is 11. The van der Waals surface area contributed by atoms with Gasteiger partial charge in [0.25, 0.3) is 17.0 Å². The van der Waals surface area contributed by atoms with E-state index in [2.05, 4.69) is 43.2 Å². The van der Waals surface area contributed by atoms with Crippen molar-refractivity contribution in [2.24, 2.45) is 5.10 Å². The largest absolute Gasteiger partial charge is 0.488 e. The van der Waals surface area contributed by atoms with Gasteiger partial charge in [0.2, 0.25) is 0 Å². The molecule has 172 valence electrons. The molecule has 1 amide bonds. The minimum Gasteiger partial charge on any atom is -0.488 e. The maximum absolute atomic E-state index is 12.0. The van der Waals surface area contributed by atoms with Crippen LogP contribution >= 0.6 is 50.9 Å². The molecule has 0 saturated heterocycles. The summed E-state index contributed by atoms with van der Waals surface area (Å²) in [7, 11) is 0. The number of aromatic nitrogens is 2. The lowest BCUT2D eigenvalue weighted by molar-refractivity contribution is -0.118. The Bertz CT molecular complexity index is 1160. The Kier molecular flexibility index (Phi) is 9.61. The van der Waals surface area contributed by atoms with Gasteiger partial charge in [-0.3, -0.25) is 4.79 Å². The van der Waals surface area contributed by atoms with E-state index in [9.17, 15) is 4.79 Å². The van der Waals surface area contributed by atoms with Gasteiger partial charge < -0.3 is 13.9 Å². The second kappa shape index (κ2) is 12.6. The molecule has 0 spiro atoms. The Hall–Kier alpha value is -2.53. The quantitative estimate of drug-likeness (QED) is 0.140. The first-order valence-corrected chi connectivity index (χ1v) is 11.9. The van der Waals surface area contributed by atoms with Crippen LogP contribution in [-0.4, -0.2) is 34.7 Å². The monoisotopic (exact) mass is 570 g/mol. The Morgan fingerprint density at radius 2 is 2.03 bits per heavy atom. The molecule has 33 heavy (non-hydrogen) atoms. The molecular weight excluding hydrogens is 555 g/mol. The minimum absolute atomic E-state index is 0.0262. The zero-order valence-electron chi connectivity index (χ0n) is 17.0. The van der Waals surface area contributed by atoms with E-state index in [1.54, 1.807) is 30.3 Å².